The highest BCUT2D eigenvalue weighted by molar-refractivity contribution is 6.36. The first-order chi connectivity index (χ1) is 14.3. The smallest absolute Gasteiger partial charge is 0.278 e. The number of hydrogen-bond donors (Lipinski definition) is 1. The maximum atomic E-state index is 13.1. The summed E-state index contributed by atoms with van der Waals surface area (Å²) in [4.78, 5) is 27.3. The predicted octanol–water partition coefficient (Wildman–Crippen LogP) is 4.72. The van der Waals surface area contributed by atoms with Crippen molar-refractivity contribution in [2.45, 2.75) is 27.7 Å². The summed E-state index contributed by atoms with van der Waals surface area (Å²) in [5.74, 6) is 0.471. The molecule has 0 aromatic heterocycles. The highest BCUT2D eigenvalue weighted by Crippen LogP contribution is 2.32. The lowest BCUT2D eigenvalue weighted by Gasteiger charge is -2.13. The maximum absolute atomic E-state index is 13.1. The van der Waals surface area contributed by atoms with Crippen LogP contribution in [0, 0.1) is 19.8 Å². The molecule has 2 aromatic carbocycles. The minimum Gasteiger partial charge on any atom is -0.493 e. The highest BCUT2D eigenvalue weighted by atomic mass is 16.5. The number of imide groups is 1. The van der Waals surface area contributed by atoms with Crippen LogP contribution in [0.25, 0.3) is 5.57 Å². The summed E-state index contributed by atoms with van der Waals surface area (Å²) in [5.41, 5.74) is 4.18. The fraction of sp³-hybridized carbons (Fsp3) is 0.280. The maximum Gasteiger partial charge on any atom is 0.278 e. The summed E-state index contributed by atoms with van der Waals surface area (Å²) in [6, 6.07) is 13.3. The summed E-state index contributed by atoms with van der Waals surface area (Å²) in [6.07, 6.45) is 1.55. The number of ether oxygens (including phenoxy) is 1. The van der Waals surface area contributed by atoms with Gasteiger partial charge in [0.1, 0.15) is 11.4 Å². The fourth-order valence-corrected chi connectivity index (χ4v) is 3.24. The van der Waals surface area contributed by atoms with E-state index in [1.165, 1.54) is 4.90 Å². The van der Waals surface area contributed by atoms with E-state index in [0.29, 0.717) is 23.7 Å². The van der Waals surface area contributed by atoms with Gasteiger partial charge < -0.3 is 10.1 Å². The number of benzene rings is 2. The van der Waals surface area contributed by atoms with E-state index in [1.54, 1.807) is 6.08 Å². The predicted molar refractivity (Wildman–Crippen MR) is 120 cm³/mol. The molecule has 0 atom stereocenters. The zero-order valence-corrected chi connectivity index (χ0v) is 18.0. The Bertz CT molecular complexity index is 1000. The van der Waals surface area contributed by atoms with Gasteiger partial charge in [0.05, 0.1) is 12.2 Å². The molecular formula is C25H28N2O3. The number of rotatable bonds is 8. The highest BCUT2D eigenvalue weighted by Gasteiger charge is 2.38. The van der Waals surface area contributed by atoms with Gasteiger partial charge in [0, 0.05) is 12.2 Å². The Morgan fingerprint density at radius 2 is 1.77 bits per heavy atom. The Morgan fingerprint density at radius 1 is 1.07 bits per heavy atom. The first-order valence-corrected chi connectivity index (χ1v) is 10.1. The molecule has 2 aromatic rings. The number of nitrogens with one attached hydrogen (secondary N) is 1. The lowest BCUT2D eigenvalue weighted by atomic mass is 10.0. The average Bonchev–Trinajstić information content (AvgIpc) is 2.94. The first kappa shape index (κ1) is 21.4. The molecule has 30 heavy (non-hydrogen) atoms. The van der Waals surface area contributed by atoms with Gasteiger partial charge in [-0.15, -0.1) is 6.58 Å². The summed E-state index contributed by atoms with van der Waals surface area (Å²) in [6.45, 7) is 12.6. The molecule has 1 aliphatic heterocycles. The van der Waals surface area contributed by atoms with Crippen molar-refractivity contribution in [1.82, 2.24) is 4.90 Å². The number of hydrogen-bond acceptors (Lipinski definition) is 4. The Balaban J connectivity index is 2.00. The van der Waals surface area contributed by atoms with E-state index in [4.69, 9.17) is 4.74 Å². The van der Waals surface area contributed by atoms with Gasteiger partial charge in [0.2, 0.25) is 0 Å². The molecule has 1 heterocycles. The third-order valence-electron chi connectivity index (χ3n) is 4.86. The molecule has 0 bridgehead atoms. The van der Waals surface area contributed by atoms with E-state index in [1.807, 2.05) is 56.3 Å². The van der Waals surface area contributed by atoms with Crippen LogP contribution < -0.4 is 10.1 Å². The molecule has 0 radical (unpaired) electrons. The molecule has 0 saturated heterocycles. The van der Waals surface area contributed by atoms with Gasteiger partial charge in [-0.25, -0.2) is 0 Å². The molecule has 0 spiro atoms. The molecule has 0 aliphatic carbocycles. The number of anilines is 1. The van der Waals surface area contributed by atoms with Crippen LogP contribution >= 0.6 is 0 Å². The minimum atomic E-state index is -0.351. The van der Waals surface area contributed by atoms with E-state index in [0.717, 1.165) is 22.6 Å². The van der Waals surface area contributed by atoms with Crippen LogP contribution in [0.4, 0.5) is 5.69 Å². The number of amides is 2. The molecule has 2 amide bonds. The van der Waals surface area contributed by atoms with Crippen molar-refractivity contribution in [3.05, 3.63) is 77.5 Å². The molecule has 5 heteroatoms. The Labute approximate surface area is 178 Å². The number of carbonyl (C=O) groups excluding carboxylic acids is 2. The molecule has 156 valence electrons. The van der Waals surface area contributed by atoms with Crippen LogP contribution in [-0.2, 0) is 9.59 Å². The number of aryl methyl sites for hydroxylation is 2. The van der Waals surface area contributed by atoms with E-state index < -0.39 is 0 Å². The van der Waals surface area contributed by atoms with Crippen LogP contribution in [0.3, 0.4) is 0 Å². The van der Waals surface area contributed by atoms with Gasteiger partial charge in [-0.3, -0.25) is 14.5 Å². The molecular weight excluding hydrogens is 376 g/mol. The molecule has 3 rings (SSSR count). The number of nitrogens with zero attached hydrogens (tertiary/aromatic N) is 1. The summed E-state index contributed by atoms with van der Waals surface area (Å²) in [5, 5.41) is 3.22. The third-order valence-corrected chi connectivity index (χ3v) is 4.86. The van der Waals surface area contributed by atoms with E-state index in [9.17, 15) is 9.59 Å². The van der Waals surface area contributed by atoms with Gasteiger partial charge >= 0.3 is 0 Å². The van der Waals surface area contributed by atoms with Crippen molar-refractivity contribution in [3.63, 3.8) is 0 Å². The molecule has 0 saturated carbocycles. The van der Waals surface area contributed by atoms with Gasteiger partial charge in [-0.1, -0.05) is 44.2 Å². The lowest BCUT2D eigenvalue weighted by Crippen LogP contribution is -2.32. The van der Waals surface area contributed by atoms with E-state index >= 15 is 0 Å². The normalized spacial score (nSPS) is 14.0. The number of carbonyl (C=O) groups is 2. The standard InChI is InChI=1S/C25H28N2O3/c1-6-13-27-24(28)22(19-9-11-20(12-10-19)30-15-16(2)3)23(25(27)29)26-21-14-17(4)7-8-18(21)5/h6-12,14,16,26H,1,13,15H2,2-5H3. The summed E-state index contributed by atoms with van der Waals surface area (Å²) < 4.78 is 5.74. The van der Waals surface area contributed by atoms with Crippen molar-refractivity contribution in [2.24, 2.45) is 5.92 Å². The van der Waals surface area contributed by atoms with Crippen molar-refractivity contribution < 1.29 is 14.3 Å². The van der Waals surface area contributed by atoms with Gasteiger partial charge in [-0.05, 0) is 54.7 Å². The van der Waals surface area contributed by atoms with Crippen molar-refractivity contribution in [1.29, 1.82) is 0 Å². The zero-order valence-electron chi connectivity index (χ0n) is 18.0. The second-order valence-corrected chi connectivity index (χ2v) is 7.93. The van der Waals surface area contributed by atoms with E-state index in [-0.39, 0.29) is 24.1 Å². The van der Waals surface area contributed by atoms with Gasteiger partial charge in [-0.2, -0.15) is 0 Å². The van der Waals surface area contributed by atoms with Crippen LogP contribution in [0.2, 0.25) is 0 Å². The van der Waals surface area contributed by atoms with Gasteiger partial charge in [0.15, 0.2) is 0 Å². The third kappa shape index (κ3) is 4.46. The summed E-state index contributed by atoms with van der Waals surface area (Å²) >= 11 is 0. The monoisotopic (exact) mass is 404 g/mol. The Kier molecular flexibility index (Phi) is 6.40. The van der Waals surface area contributed by atoms with Crippen molar-refractivity contribution in [3.8, 4) is 5.75 Å². The SMILES string of the molecule is C=CCN1C(=O)C(Nc2cc(C)ccc2C)=C(c2ccc(OCC(C)C)cc2)C1=O. The summed E-state index contributed by atoms with van der Waals surface area (Å²) in [7, 11) is 0. The fourth-order valence-electron chi connectivity index (χ4n) is 3.24. The van der Waals surface area contributed by atoms with E-state index in [2.05, 4.69) is 25.7 Å². The largest absolute Gasteiger partial charge is 0.493 e. The molecule has 1 N–H and O–H groups in total. The van der Waals surface area contributed by atoms with Crippen LogP contribution in [0.5, 0.6) is 5.75 Å². The molecule has 0 fully saturated rings. The molecule has 1 aliphatic rings. The minimum absolute atomic E-state index is 0.161. The van der Waals surface area contributed by atoms with Crippen molar-refractivity contribution in [2.75, 3.05) is 18.5 Å². The molecule has 5 nitrogen and oxygen atoms in total. The van der Waals surface area contributed by atoms with Crippen molar-refractivity contribution >= 4 is 23.1 Å². The Hall–Kier alpha value is -3.34. The second kappa shape index (κ2) is 8.99. The lowest BCUT2D eigenvalue weighted by molar-refractivity contribution is -0.136. The average molecular weight is 405 g/mol. The zero-order chi connectivity index (χ0) is 21.8. The first-order valence-electron chi connectivity index (χ1n) is 10.1. The van der Waals surface area contributed by atoms with Crippen LogP contribution in [-0.4, -0.2) is 29.9 Å². The van der Waals surface area contributed by atoms with Gasteiger partial charge in [0.25, 0.3) is 11.8 Å². The molecule has 0 unspecified atom stereocenters. The Morgan fingerprint density at radius 3 is 2.40 bits per heavy atom. The quantitative estimate of drug-likeness (QED) is 0.511. The van der Waals surface area contributed by atoms with Crippen LogP contribution in [0.1, 0.15) is 30.5 Å². The topological polar surface area (TPSA) is 58.6 Å². The second-order valence-electron chi connectivity index (χ2n) is 7.93. The van der Waals surface area contributed by atoms with Crippen LogP contribution in [0.15, 0.2) is 60.8 Å².